The Morgan fingerprint density at radius 1 is 0.900 bits per heavy atom. The molecule has 2 saturated heterocycles. The normalized spacial score (nSPS) is 26.5. The number of aromatic hydroxyl groups is 1. The molecule has 4 aromatic rings. The number of ether oxygens (including phenoxy) is 2. The number of anilines is 1. The van der Waals surface area contributed by atoms with Gasteiger partial charge in [-0.05, 0) is 80.7 Å². The molecular weight excluding hydrogens is 761 g/mol. The Hall–Kier alpha value is -3.55. The lowest BCUT2D eigenvalue weighted by molar-refractivity contribution is -0.273. The van der Waals surface area contributed by atoms with E-state index in [1.165, 1.54) is 12.0 Å². The monoisotopic (exact) mass is 803 g/mol. The number of halogens is 1. The third kappa shape index (κ3) is 5.60. The van der Waals surface area contributed by atoms with Crippen molar-refractivity contribution in [2.45, 2.75) is 50.5 Å². The third-order valence-corrected chi connectivity index (χ3v) is 16.8. The van der Waals surface area contributed by atoms with Gasteiger partial charge >= 0.3 is 0 Å². The van der Waals surface area contributed by atoms with Crippen LogP contribution in [0.2, 0.25) is 5.04 Å². The minimum absolute atomic E-state index is 0.0256. The molecule has 1 aliphatic carbocycles. The van der Waals surface area contributed by atoms with Gasteiger partial charge in [0.15, 0.2) is 17.3 Å². The fourth-order valence-corrected chi connectivity index (χ4v) is 13.9. The van der Waals surface area contributed by atoms with Gasteiger partial charge in [-0.3, -0.25) is 14.5 Å². The fourth-order valence-electron chi connectivity index (χ4n) is 8.64. The summed E-state index contributed by atoms with van der Waals surface area (Å²) in [7, 11) is -1.53. The number of carbonyl (C=O) groups excluding carboxylic acids is 2. The van der Waals surface area contributed by atoms with Crippen LogP contribution in [0.1, 0.15) is 45.3 Å². The van der Waals surface area contributed by atoms with Gasteiger partial charge in [-0.25, -0.2) is 0 Å². The number of phenolic OH excluding ortho intramolecular Hbond substituents is 1. The molecule has 4 aromatic carbocycles. The Balaban J connectivity index is 1.32. The van der Waals surface area contributed by atoms with Crippen molar-refractivity contribution in [3.63, 3.8) is 0 Å². The Morgan fingerprint density at radius 2 is 1.48 bits per heavy atom. The molecule has 3 fully saturated rings. The average Bonchev–Trinajstić information content (AvgIpc) is 3.59. The van der Waals surface area contributed by atoms with Crippen molar-refractivity contribution in [2.75, 3.05) is 18.6 Å². The molecule has 1 saturated carbocycles. The highest BCUT2D eigenvalue weighted by Crippen LogP contribution is 2.59. The van der Waals surface area contributed by atoms with Gasteiger partial charge < -0.3 is 24.1 Å². The summed E-state index contributed by atoms with van der Waals surface area (Å²) in [6.07, 6.45) is -0.0813. The highest BCUT2D eigenvalue weighted by molar-refractivity contribution is 14.1. The molecule has 10 heteroatoms. The quantitative estimate of drug-likeness (QED) is 0.125. The average molecular weight is 804 g/mol. The summed E-state index contributed by atoms with van der Waals surface area (Å²) in [4.78, 5) is 29.8. The van der Waals surface area contributed by atoms with E-state index in [9.17, 15) is 19.8 Å². The van der Waals surface area contributed by atoms with Crippen molar-refractivity contribution in [2.24, 2.45) is 23.7 Å². The maximum Gasteiger partial charge on any atom is 0.261 e. The van der Waals surface area contributed by atoms with E-state index in [4.69, 9.17) is 13.9 Å². The van der Waals surface area contributed by atoms with E-state index in [1.54, 1.807) is 18.2 Å². The van der Waals surface area contributed by atoms with Crippen LogP contribution in [0, 0.1) is 27.2 Å². The summed E-state index contributed by atoms with van der Waals surface area (Å²) in [5, 5.41) is 25.3. The minimum atomic E-state index is -3.02. The van der Waals surface area contributed by atoms with Gasteiger partial charge in [-0.15, -0.1) is 0 Å². The molecule has 3 aliphatic rings. The summed E-state index contributed by atoms with van der Waals surface area (Å²) in [6, 6.07) is 33.1. The zero-order valence-electron chi connectivity index (χ0n) is 28.6. The zero-order chi connectivity index (χ0) is 35.4. The molecule has 6 atom stereocenters. The summed E-state index contributed by atoms with van der Waals surface area (Å²) in [5.74, 6) is -4.72. The fraction of sp³-hybridized carbons (Fsp3) is 0.350. The van der Waals surface area contributed by atoms with Crippen LogP contribution in [0.15, 0.2) is 103 Å². The lowest BCUT2D eigenvalue weighted by Gasteiger charge is -2.48. The van der Waals surface area contributed by atoms with Crippen molar-refractivity contribution < 1.29 is 33.7 Å². The van der Waals surface area contributed by atoms with E-state index in [2.05, 4.69) is 45.0 Å². The predicted octanol–water partition coefficient (Wildman–Crippen LogP) is 6.17. The summed E-state index contributed by atoms with van der Waals surface area (Å²) < 4.78 is 20.1. The second kappa shape index (κ2) is 13.2. The highest BCUT2D eigenvalue weighted by atomic mass is 127. The van der Waals surface area contributed by atoms with Crippen molar-refractivity contribution in [1.29, 1.82) is 0 Å². The number of imide groups is 1. The Bertz CT molecular complexity index is 1850. The number of phenols is 1. The first-order valence-corrected chi connectivity index (χ1v) is 20.0. The van der Waals surface area contributed by atoms with E-state index in [0.717, 1.165) is 10.4 Å². The third-order valence-electron chi connectivity index (χ3n) is 10.9. The Kier molecular flexibility index (Phi) is 9.21. The molecule has 2 N–H and O–H groups in total. The van der Waals surface area contributed by atoms with Gasteiger partial charge in [0, 0.05) is 18.4 Å². The van der Waals surface area contributed by atoms with Gasteiger partial charge in [0.1, 0.15) is 0 Å². The van der Waals surface area contributed by atoms with E-state index in [1.807, 2.05) is 83.3 Å². The Morgan fingerprint density at radius 3 is 2.04 bits per heavy atom. The predicted molar refractivity (Wildman–Crippen MR) is 202 cm³/mol. The number of rotatable bonds is 8. The smallest absolute Gasteiger partial charge is 0.261 e. The van der Waals surface area contributed by atoms with Gasteiger partial charge in [0.25, 0.3) is 8.32 Å². The van der Waals surface area contributed by atoms with Crippen molar-refractivity contribution in [3.05, 3.63) is 112 Å². The molecule has 0 unspecified atom stereocenters. The largest absolute Gasteiger partial charge is 0.504 e. The lowest BCUT2D eigenvalue weighted by Crippen LogP contribution is -2.67. The number of hydrogen-bond donors (Lipinski definition) is 2. The van der Waals surface area contributed by atoms with Gasteiger partial charge in [0.2, 0.25) is 11.8 Å². The number of carbonyl (C=O) groups is 2. The molecule has 0 radical (unpaired) electrons. The molecule has 7 rings (SSSR count). The van der Waals surface area contributed by atoms with Crippen LogP contribution in [0.5, 0.6) is 11.5 Å². The first-order chi connectivity index (χ1) is 23.9. The molecule has 8 nitrogen and oxygen atoms in total. The van der Waals surface area contributed by atoms with Gasteiger partial charge in [0.05, 0.1) is 34.3 Å². The van der Waals surface area contributed by atoms with Gasteiger partial charge in [-0.2, -0.15) is 0 Å². The highest BCUT2D eigenvalue weighted by Gasteiger charge is 2.67. The van der Waals surface area contributed by atoms with Crippen LogP contribution in [-0.4, -0.2) is 49.8 Å². The molecule has 2 aliphatic heterocycles. The van der Waals surface area contributed by atoms with E-state index >= 15 is 0 Å². The first-order valence-electron chi connectivity index (χ1n) is 17.0. The number of para-hydroxylation sites is 1. The van der Waals surface area contributed by atoms with Crippen LogP contribution < -0.4 is 20.0 Å². The molecule has 50 heavy (non-hydrogen) atoms. The lowest BCUT2D eigenvalue weighted by atomic mass is 9.64. The molecular formula is C40H42INO7Si. The number of nitrogens with zero attached hydrogens (tertiary/aromatic N) is 1. The van der Waals surface area contributed by atoms with Crippen LogP contribution in [0.3, 0.4) is 0 Å². The van der Waals surface area contributed by atoms with Gasteiger partial charge in [-0.1, -0.05) is 99.6 Å². The van der Waals surface area contributed by atoms with E-state index in [-0.39, 0.29) is 35.6 Å². The molecule has 260 valence electrons. The minimum Gasteiger partial charge on any atom is -0.504 e. The number of aliphatic hydroxyl groups is 1. The Labute approximate surface area is 307 Å². The number of methoxy groups -OCH3 is 1. The number of benzene rings is 4. The molecule has 2 heterocycles. The standard InChI is InChI=1S/C40H42INO7Si/c1-39(2,3)50(28-16-10-6-11-17-28,29-18-12-7-13-19-29)48-24-26-22-30-35(38(45)42(37(30)44)27-14-8-5-9-15-27)31-23-33(49-40(26,31)46)25-20-32(41)36(43)34(21-25)47-4/h5-21,26,30-31,33,35,43,46H,22-24H2,1-4H3/t26-,30+,31+,33+,35+,40-/m1/s1. The number of hydrogen-bond acceptors (Lipinski definition) is 7. The number of fused-ring (bicyclic) bond motifs is 3. The first kappa shape index (κ1) is 34.9. The number of amides is 2. The van der Waals surface area contributed by atoms with Crippen LogP contribution in [-0.2, 0) is 18.8 Å². The maximum atomic E-state index is 14.3. The van der Waals surface area contributed by atoms with E-state index < -0.39 is 43.9 Å². The van der Waals surface area contributed by atoms with Crippen LogP contribution >= 0.6 is 22.6 Å². The summed E-state index contributed by atoms with van der Waals surface area (Å²) in [5.41, 5.74) is 1.24. The van der Waals surface area contributed by atoms with Crippen LogP contribution in [0.4, 0.5) is 5.69 Å². The second-order valence-electron chi connectivity index (χ2n) is 14.6. The van der Waals surface area contributed by atoms with Crippen LogP contribution in [0.25, 0.3) is 0 Å². The molecule has 0 aromatic heterocycles. The summed E-state index contributed by atoms with van der Waals surface area (Å²) in [6.45, 7) is 6.73. The van der Waals surface area contributed by atoms with Crippen molar-refractivity contribution in [3.8, 4) is 11.5 Å². The SMILES string of the molecule is COc1cc([C@@H]2C[C@H]3[C@H]4C(=O)N(c5ccccc5)C(=O)[C@H]4C[C@H](CO[Si](c4ccccc4)(c4ccccc4)C(C)(C)C)[C@@]3(O)O2)cc(I)c1O. The zero-order valence-corrected chi connectivity index (χ0v) is 31.7. The second-order valence-corrected chi connectivity index (χ2v) is 20.1. The van der Waals surface area contributed by atoms with E-state index in [0.29, 0.717) is 27.0 Å². The molecule has 2 amide bonds. The molecule has 0 bridgehead atoms. The summed E-state index contributed by atoms with van der Waals surface area (Å²) >= 11 is 2.05. The van der Waals surface area contributed by atoms with Crippen molar-refractivity contribution in [1.82, 2.24) is 0 Å². The maximum absolute atomic E-state index is 14.3. The molecule has 0 spiro atoms. The topological polar surface area (TPSA) is 106 Å². The van der Waals surface area contributed by atoms with Crippen molar-refractivity contribution >= 4 is 58.8 Å².